The molecule has 0 unspecified atom stereocenters. The van der Waals surface area contributed by atoms with E-state index in [0.29, 0.717) is 5.69 Å². The van der Waals surface area contributed by atoms with Crippen molar-refractivity contribution in [1.29, 1.82) is 0 Å². The van der Waals surface area contributed by atoms with Crippen molar-refractivity contribution in [2.45, 2.75) is 5.22 Å². The van der Waals surface area contributed by atoms with Crippen LogP contribution in [0.5, 0.6) is 0 Å². The molecule has 0 saturated heterocycles. The largest absolute Gasteiger partial charge is 0.481 e. The second-order valence-corrected chi connectivity index (χ2v) is 3.84. The molecule has 17 heavy (non-hydrogen) atoms. The fourth-order valence-corrected chi connectivity index (χ4v) is 1.48. The predicted octanol–water partition coefficient (Wildman–Crippen LogP) is 1.45. The highest BCUT2D eigenvalue weighted by atomic mass is 32.2. The van der Waals surface area contributed by atoms with E-state index in [0.717, 1.165) is 18.0 Å². The van der Waals surface area contributed by atoms with Crippen LogP contribution in [0.1, 0.15) is 0 Å². The smallest absolute Gasteiger partial charge is 0.314 e. The lowest BCUT2D eigenvalue weighted by molar-refractivity contribution is -0.133. The molecule has 1 N–H and O–H groups in total. The van der Waals surface area contributed by atoms with Crippen molar-refractivity contribution in [1.82, 2.24) is 15.2 Å². The maximum Gasteiger partial charge on any atom is 0.314 e. The molecule has 0 fully saturated rings. The summed E-state index contributed by atoms with van der Waals surface area (Å²) >= 11 is 0.906. The molecule has 2 heterocycles. The lowest BCUT2D eigenvalue weighted by Crippen LogP contribution is -1.97. The Hall–Kier alpha value is -1.96. The summed E-state index contributed by atoms with van der Waals surface area (Å²) in [5, 5.41) is 15.9. The highest BCUT2D eigenvalue weighted by molar-refractivity contribution is 7.99. The van der Waals surface area contributed by atoms with Crippen molar-refractivity contribution in [2.75, 3.05) is 5.75 Å². The number of pyridine rings is 1. The Morgan fingerprint density at radius 2 is 2.29 bits per heavy atom. The molecule has 2 aromatic heterocycles. The first kappa shape index (κ1) is 11.5. The zero-order valence-electron chi connectivity index (χ0n) is 8.33. The van der Waals surface area contributed by atoms with Crippen molar-refractivity contribution in [3.8, 4) is 11.6 Å². The number of hydrogen-bond donors (Lipinski definition) is 1. The van der Waals surface area contributed by atoms with Crippen LogP contribution in [0, 0.1) is 5.82 Å². The number of hydrogen-bond acceptors (Lipinski definition) is 6. The van der Waals surface area contributed by atoms with Gasteiger partial charge in [-0.15, -0.1) is 10.2 Å². The molecular weight excluding hydrogens is 249 g/mol. The second-order valence-electron chi connectivity index (χ2n) is 2.92. The fraction of sp³-hybridized carbons (Fsp3) is 0.111. The van der Waals surface area contributed by atoms with Gasteiger partial charge in [0, 0.05) is 0 Å². The summed E-state index contributed by atoms with van der Waals surface area (Å²) in [4.78, 5) is 14.1. The van der Waals surface area contributed by atoms with Gasteiger partial charge in [0.1, 0.15) is 17.3 Å². The van der Waals surface area contributed by atoms with Crippen LogP contribution in [0.25, 0.3) is 11.6 Å². The van der Waals surface area contributed by atoms with Gasteiger partial charge in [0.05, 0.1) is 6.20 Å². The van der Waals surface area contributed by atoms with Crippen molar-refractivity contribution < 1.29 is 18.7 Å². The summed E-state index contributed by atoms with van der Waals surface area (Å²) in [6.45, 7) is 0. The van der Waals surface area contributed by atoms with Gasteiger partial charge in [-0.1, -0.05) is 11.8 Å². The number of carboxylic acids is 1. The van der Waals surface area contributed by atoms with Crippen LogP contribution in [0.4, 0.5) is 4.39 Å². The number of aliphatic carboxylic acids is 1. The van der Waals surface area contributed by atoms with E-state index in [4.69, 9.17) is 9.52 Å². The average molecular weight is 255 g/mol. The minimum atomic E-state index is -0.977. The van der Waals surface area contributed by atoms with Gasteiger partial charge in [0.25, 0.3) is 11.1 Å². The van der Waals surface area contributed by atoms with Crippen LogP contribution < -0.4 is 0 Å². The third-order valence-electron chi connectivity index (χ3n) is 1.67. The van der Waals surface area contributed by atoms with Crippen LogP contribution in [-0.2, 0) is 4.79 Å². The van der Waals surface area contributed by atoms with Crippen molar-refractivity contribution in [2.24, 2.45) is 0 Å². The molecule has 0 aliphatic heterocycles. The van der Waals surface area contributed by atoms with E-state index >= 15 is 0 Å². The monoisotopic (exact) mass is 255 g/mol. The van der Waals surface area contributed by atoms with Gasteiger partial charge in [-0.05, 0) is 12.1 Å². The number of halogens is 1. The second kappa shape index (κ2) is 4.91. The summed E-state index contributed by atoms with van der Waals surface area (Å²) < 4.78 is 17.8. The molecule has 0 aliphatic carbocycles. The summed E-state index contributed by atoms with van der Waals surface area (Å²) in [7, 11) is 0. The minimum Gasteiger partial charge on any atom is -0.481 e. The van der Waals surface area contributed by atoms with Crippen LogP contribution >= 0.6 is 11.8 Å². The van der Waals surface area contributed by atoms with E-state index in [2.05, 4.69) is 15.2 Å². The summed E-state index contributed by atoms with van der Waals surface area (Å²) in [5.74, 6) is -1.49. The van der Waals surface area contributed by atoms with Crippen molar-refractivity contribution in [3.63, 3.8) is 0 Å². The molecule has 0 aliphatic rings. The van der Waals surface area contributed by atoms with Crippen LogP contribution in [0.2, 0.25) is 0 Å². The Morgan fingerprint density at radius 1 is 1.47 bits per heavy atom. The average Bonchev–Trinajstić information content (AvgIpc) is 2.76. The number of carboxylic acid groups (broad SMARTS) is 1. The predicted molar refractivity (Wildman–Crippen MR) is 55.8 cm³/mol. The summed E-state index contributed by atoms with van der Waals surface area (Å²) in [6.07, 6.45) is 1.03. The molecule has 0 spiro atoms. The van der Waals surface area contributed by atoms with E-state index < -0.39 is 11.8 Å². The Bertz CT molecular complexity index is 529. The van der Waals surface area contributed by atoms with Gasteiger partial charge in [-0.25, -0.2) is 9.37 Å². The van der Waals surface area contributed by atoms with Crippen molar-refractivity contribution >= 4 is 17.7 Å². The van der Waals surface area contributed by atoms with Gasteiger partial charge in [-0.2, -0.15) is 0 Å². The molecule has 88 valence electrons. The van der Waals surface area contributed by atoms with Gasteiger partial charge >= 0.3 is 5.97 Å². The Morgan fingerprint density at radius 3 is 2.94 bits per heavy atom. The molecule has 8 heteroatoms. The number of aromatic nitrogens is 3. The molecule has 6 nitrogen and oxygen atoms in total. The van der Waals surface area contributed by atoms with E-state index in [1.165, 1.54) is 12.1 Å². The first-order valence-corrected chi connectivity index (χ1v) is 5.44. The van der Waals surface area contributed by atoms with Gasteiger partial charge < -0.3 is 9.52 Å². The van der Waals surface area contributed by atoms with Gasteiger partial charge in [0.2, 0.25) is 0 Å². The lowest BCUT2D eigenvalue weighted by atomic mass is 10.3. The summed E-state index contributed by atoms with van der Waals surface area (Å²) in [6, 6.07) is 2.62. The first-order chi connectivity index (χ1) is 8.15. The third-order valence-corrected chi connectivity index (χ3v) is 2.48. The number of rotatable bonds is 4. The van der Waals surface area contributed by atoms with E-state index in [1.807, 2.05) is 0 Å². The van der Waals surface area contributed by atoms with Gasteiger partial charge in [0.15, 0.2) is 0 Å². The molecular formula is C9H6FN3O3S. The lowest BCUT2D eigenvalue weighted by Gasteiger charge is -1.92. The van der Waals surface area contributed by atoms with E-state index in [1.54, 1.807) is 0 Å². The first-order valence-electron chi connectivity index (χ1n) is 4.45. The molecule has 0 amide bonds. The maximum absolute atomic E-state index is 12.6. The van der Waals surface area contributed by atoms with Crippen molar-refractivity contribution in [3.05, 3.63) is 24.1 Å². The standard InChI is InChI=1S/C9H6FN3O3S/c10-5-1-2-6(11-3-5)8-12-13-9(16-8)17-4-7(14)15/h1-3H,4H2,(H,14,15). The fourth-order valence-electron chi connectivity index (χ4n) is 0.997. The molecule has 0 atom stereocenters. The molecule has 0 saturated carbocycles. The molecule has 2 aromatic rings. The number of nitrogens with zero attached hydrogens (tertiary/aromatic N) is 3. The van der Waals surface area contributed by atoms with E-state index in [9.17, 15) is 9.18 Å². The number of thioether (sulfide) groups is 1. The number of carbonyl (C=O) groups is 1. The minimum absolute atomic E-state index is 0.123. The topological polar surface area (TPSA) is 89.1 Å². The molecule has 0 bridgehead atoms. The van der Waals surface area contributed by atoms with Gasteiger partial charge in [-0.3, -0.25) is 4.79 Å². The highest BCUT2D eigenvalue weighted by Gasteiger charge is 2.11. The molecule has 0 radical (unpaired) electrons. The summed E-state index contributed by atoms with van der Waals surface area (Å²) in [5.41, 5.74) is 0.334. The molecule has 0 aromatic carbocycles. The Labute approximate surface area is 98.9 Å². The van der Waals surface area contributed by atoms with Crippen LogP contribution in [0.15, 0.2) is 28.0 Å². The third kappa shape index (κ3) is 3.00. The maximum atomic E-state index is 12.6. The van der Waals surface area contributed by atoms with Crippen LogP contribution in [-0.4, -0.2) is 32.0 Å². The Balaban J connectivity index is 2.12. The Kier molecular flexibility index (Phi) is 3.33. The quantitative estimate of drug-likeness (QED) is 0.827. The zero-order valence-corrected chi connectivity index (χ0v) is 9.15. The van der Waals surface area contributed by atoms with E-state index in [-0.39, 0.29) is 16.9 Å². The normalized spacial score (nSPS) is 10.4. The SMILES string of the molecule is O=C(O)CSc1nnc(-c2ccc(F)cn2)o1. The zero-order chi connectivity index (χ0) is 12.3. The van der Waals surface area contributed by atoms with Crippen LogP contribution in [0.3, 0.4) is 0 Å². The highest BCUT2D eigenvalue weighted by Crippen LogP contribution is 2.21. The molecule has 2 rings (SSSR count).